The highest BCUT2D eigenvalue weighted by atomic mass is 31.2. The van der Waals surface area contributed by atoms with E-state index in [1.54, 1.807) is 0 Å². The van der Waals surface area contributed by atoms with Crippen LogP contribution in [0.25, 0.3) is 0 Å². The number of carbonyl (C=O) groups is 7. The van der Waals surface area contributed by atoms with Crippen LogP contribution in [0, 0.1) is 0 Å². The van der Waals surface area contributed by atoms with Gasteiger partial charge in [-0.3, -0.25) is 33.3 Å². The molecule has 1 fully saturated rings. The minimum atomic E-state index is -5.54. The lowest BCUT2D eigenvalue weighted by Crippen LogP contribution is -2.66. The zero-order valence-corrected chi connectivity index (χ0v) is 57.5. The number of amides is 2. The molecule has 1 heterocycles. The molecule has 1 saturated heterocycles. The van der Waals surface area contributed by atoms with E-state index < -0.39 is 131 Å². The number of phosphoric acid groups is 1. The summed E-state index contributed by atoms with van der Waals surface area (Å²) in [5, 5.41) is 26.5. The Balaban J connectivity index is 3.76. The third-order valence-electron chi connectivity index (χ3n) is 16.4. The summed E-state index contributed by atoms with van der Waals surface area (Å²) in [6, 6.07) is -3.59. The number of carboxylic acid groups (broad SMARTS) is 1. The summed E-state index contributed by atoms with van der Waals surface area (Å²) < 4.78 is 53.8. The molecular weight excluding hydrogens is 1180 g/mol. The van der Waals surface area contributed by atoms with Crippen LogP contribution in [0.15, 0.2) is 0 Å². The first-order valence-electron chi connectivity index (χ1n) is 35.6. The van der Waals surface area contributed by atoms with Crippen LogP contribution in [0.3, 0.4) is 0 Å². The Labute approximate surface area is 541 Å². The van der Waals surface area contributed by atoms with Crippen molar-refractivity contribution in [3.8, 4) is 0 Å². The molecule has 1 aliphatic rings. The van der Waals surface area contributed by atoms with Gasteiger partial charge in [0, 0.05) is 19.3 Å². The Morgan fingerprint density at radius 1 is 0.456 bits per heavy atom. The maximum absolute atomic E-state index is 14.5. The van der Waals surface area contributed by atoms with Gasteiger partial charge in [-0.05, 0) is 57.8 Å². The second-order valence-corrected chi connectivity index (χ2v) is 26.1. The molecular formula is C68H125N2O19P. The van der Waals surface area contributed by atoms with E-state index in [1.165, 1.54) is 44.9 Å². The van der Waals surface area contributed by atoms with Crippen LogP contribution in [0.4, 0.5) is 0 Å². The predicted octanol–water partition coefficient (Wildman–Crippen LogP) is 14.2. The zero-order valence-electron chi connectivity index (χ0n) is 56.6. The van der Waals surface area contributed by atoms with Crippen molar-refractivity contribution in [3.63, 3.8) is 0 Å². The van der Waals surface area contributed by atoms with Gasteiger partial charge < -0.3 is 59.1 Å². The smallest absolute Gasteiger partial charge is 0.470 e. The quantitative estimate of drug-likeness (QED) is 0.0143. The van der Waals surface area contributed by atoms with Crippen LogP contribution in [0.2, 0.25) is 0 Å². The fourth-order valence-corrected chi connectivity index (χ4v) is 11.8. The molecule has 0 bridgehead atoms. The number of aliphatic hydroxyl groups excluding tert-OH is 1. The highest BCUT2D eigenvalue weighted by Crippen LogP contribution is 2.42. The number of hydrogen-bond donors (Lipinski definition) is 6. The molecule has 9 atom stereocenters. The van der Waals surface area contributed by atoms with Crippen LogP contribution < -0.4 is 10.6 Å². The van der Waals surface area contributed by atoms with Crippen molar-refractivity contribution in [2.24, 2.45) is 0 Å². The summed E-state index contributed by atoms with van der Waals surface area (Å²) in [4.78, 5) is 116. The van der Waals surface area contributed by atoms with Crippen molar-refractivity contribution in [1.29, 1.82) is 0 Å². The summed E-state index contributed by atoms with van der Waals surface area (Å²) in [6.45, 7) is 10.5. The molecule has 6 N–H and O–H groups in total. The number of carboxylic acids is 1. The highest BCUT2D eigenvalue weighted by Gasteiger charge is 2.52. The van der Waals surface area contributed by atoms with Gasteiger partial charge >= 0.3 is 37.7 Å². The normalized spacial score (nSPS) is 18.0. The number of rotatable bonds is 60. The number of phosphoric ester groups is 1. The molecule has 0 aromatic carbocycles. The Hall–Kier alpha value is -3.72. The van der Waals surface area contributed by atoms with Gasteiger partial charge in [0.25, 0.3) is 0 Å². The number of aliphatic carboxylic acids is 1. The molecule has 90 heavy (non-hydrogen) atoms. The van der Waals surface area contributed by atoms with Gasteiger partial charge in [0.1, 0.15) is 36.6 Å². The molecule has 3 unspecified atom stereocenters. The molecule has 21 nitrogen and oxygen atoms in total. The Morgan fingerprint density at radius 3 is 1.19 bits per heavy atom. The molecule has 0 aliphatic carbocycles. The summed E-state index contributed by atoms with van der Waals surface area (Å²) in [5.74, 6) is -5.66. The van der Waals surface area contributed by atoms with Crippen molar-refractivity contribution >= 4 is 49.5 Å². The molecule has 0 saturated carbocycles. The number of esters is 4. The fourth-order valence-electron chi connectivity index (χ4n) is 11.2. The maximum atomic E-state index is 14.5. The van der Waals surface area contributed by atoms with E-state index in [0.717, 1.165) is 141 Å². The van der Waals surface area contributed by atoms with Crippen molar-refractivity contribution in [3.05, 3.63) is 0 Å². The van der Waals surface area contributed by atoms with E-state index >= 15 is 0 Å². The minimum absolute atomic E-state index is 0.110. The Bertz CT molecular complexity index is 1940. The van der Waals surface area contributed by atoms with Crippen LogP contribution in [-0.2, 0) is 71.1 Å². The van der Waals surface area contributed by atoms with Gasteiger partial charge in [-0.1, -0.05) is 228 Å². The van der Waals surface area contributed by atoms with E-state index in [4.69, 9.17) is 32.9 Å². The van der Waals surface area contributed by atoms with E-state index in [0.29, 0.717) is 51.4 Å². The monoisotopic (exact) mass is 1300 g/mol. The molecule has 1 aliphatic heterocycles. The Kier molecular flexibility index (Phi) is 51.2. The SMILES string of the molecule is CCCCCCCCCCC[C@H](CC(=O)NC1C(OC(=O)C[C@@H](CCCCCCCCCCC)OC(=O)CCCCC)[C@H](OP(=O)(O)O)C(CO)O[C@H]1OC[C@H](NC(=O)C[C@@H](CCCCCCCCCCC)OC(=O)CCCCC)C(=O)O)OC(=O)CCCC. The number of aliphatic hydroxyl groups is 1. The number of ether oxygens (including phenoxy) is 6. The van der Waals surface area contributed by atoms with E-state index in [1.807, 2.05) is 20.8 Å². The Morgan fingerprint density at radius 2 is 0.811 bits per heavy atom. The number of carbonyl (C=O) groups excluding carboxylic acids is 6. The molecule has 2 amide bonds. The zero-order chi connectivity index (χ0) is 66.6. The second kappa shape index (κ2) is 54.7. The van der Waals surface area contributed by atoms with Crippen molar-refractivity contribution in [2.45, 2.75) is 379 Å². The van der Waals surface area contributed by atoms with Crippen molar-refractivity contribution in [1.82, 2.24) is 10.6 Å². The average molecular weight is 1310 g/mol. The molecule has 22 heteroatoms. The summed E-state index contributed by atoms with van der Waals surface area (Å²) in [5.41, 5.74) is 0. The van der Waals surface area contributed by atoms with Crippen molar-refractivity contribution < 1.29 is 91.1 Å². The van der Waals surface area contributed by atoms with Crippen molar-refractivity contribution in [2.75, 3.05) is 13.2 Å². The van der Waals surface area contributed by atoms with E-state index in [2.05, 4.69) is 31.4 Å². The first kappa shape index (κ1) is 84.3. The first-order chi connectivity index (χ1) is 43.3. The topological polar surface area (TPSA) is 306 Å². The van der Waals surface area contributed by atoms with E-state index in [9.17, 15) is 58.1 Å². The summed E-state index contributed by atoms with van der Waals surface area (Å²) in [7, 11) is -5.54. The lowest BCUT2D eigenvalue weighted by Gasteiger charge is -2.45. The van der Waals surface area contributed by atoms with Crippen LogP contribution in [0.1, 0.15) is 324 Å². The van der Waals surface area contributed by atoms with Crippen LogP contribution in [-0.4, -0.2) is 130 Å². The van der Waals surface area contributed by atoms with Gasteiger partial charge in [-0.2, -0.15) is 0 Å². The molecule has 526 valence electrons. The summed E-state index contributed by atoms with van der Waals surface area (Å²) in [6.07, 6.45) is 23.1. The fraction of sp³-hybridized carbons (Fsp3) is 0.897. The number of hydrogen-bond acceptors (Lipinski definition) is 16. The lowest BCUT2D eigenvalue weighted by molar-refractivity contribution is -0.272. The number of nitrogens with one attached hydrogen (secondary N) is 2. The molecule has 1 rings (SSSR count). The van der Waals surface area contributed by atoms with Gasteiger partial charge in [-0.25, -0.2) is 9.36 Å². The third-order valence-corrected chi connectivity index (χ3v) is 17.0. The standard InChI is InChI=1S/C68H125N2O19P/c1-7-13-19-22-25-28-31-34-39-42-53(85-61(75)46-37-16-10-4)48-58(72)69-56(67(78)79)52-83-68-64(70-59(73)49-54(84-60(74)45-18-12-6)43-40-35-32-29-26-23-20-14-8-2)66(65(57(51-71)87-68)89-90(80,81)82)88-63(77)50-55(86-62(76)47-38-17-11-5)44-41-36-33-30-27-24-21-15-9-3/h53-57,64-66,68,71H,7-52H2,1-6H3,(H,69,72)(H,70,73)(H,78,79)(H2,80,81,82)/t53-,54-,55-,56+,57?,64?,65-,66?,68-/m1/s1. The largest absolute Gasteiger partial charge is 0.480 e. The van der Waals surface area contributed by atoms with Crippen LogP contribution >= 0.6 is 7.82 Å². The van der Waals surface area contributed by atoms with Gasteiger partial charge in [-0.15, -0.1) is 0 Å². The first-order valence-corrected chi connectivity index (χ1v) is 37.1. The molecule has 0 spiro atoms. The average Bonchev–Trinajstić information content (AvgIpc) is 0.833. The molecule has 0 radical (unpaired) electrons. The van der Waals surface area contributed by atoms with E-state index in [-0.39, 0.29) is 32.1 Å². The highest BCUT2D eigenvalue weighted by molar-refractivity contribution is 7.46. The number of unbranched alkanes of at least 4 members (excludes halogenated alkanes) is 29. The maximum Gasteiger partial charge on any atom is 0.470 e. The summed E-state index contributed by atoms with van der Waals surface area (Å²) >= 11 is 0. The van der Waals surface area contributed by atoms with Gasteiger partial charge in [0.2, 0.25) is 11.8 Å². The van der Waals surface area contributed by atoms with Gasteiger partial charge in [0.15, 0.2) is 18.4 Å². The second-order valence-electron chi connectivity index (χ2n) is 24.9. The lowest BCUT2D eigenvalue weighted by atomic mass is 9.95. The molecule has 0 aromatic heterocycles. The molecule has 0 aromatic rings. The minimum Gasteiger partial charge on any atom is -0.480 e. The van der Waals surface area contributed by atoms with Crippen LogP contribution in [0.5, 0.6) is 0 Å². The van der Waals surface area contributed by atoms with Gasteiger partial charge in [0.05, 0.1) is 32.5 Å². The third kappa shape index (κ3) is 44.0. The predicted molar refractivity (Wildman–Crippen MR) is 347 cm³/mol.